The molecule has 1 aliphatic carbocycles. The third-order valence-corrected chi connectivity index (χ3v) is 3.90. The van der Waals surface area contributed by atoms with Crippen LogP contribution in [0.5, 0.6) is 5.75 Å². The predicted molar refractivity (Wildman–Crippen MR) is 76.4 cm³/mol. The zero-order chi connectivity index (χ0) is 13.9. The molecule has 1 fully saturated rings. The van der Waals surface area contributed by atoms with Gasteiger partial charge in [0.2, 0.25) is 0 Å². The lowest BCUT2D eigenvalue weighted by Crippen LogP contribution is -2.47. The summed E-state index contributed by atoms with van der Waals surface area (Å²) in [6.45, 7) is 2.11. The molecule has 1 aromatic carbocycles. The molecule has 0 bridgehead atoms. The first-order chi connectivity index (χ1) is 9.06. The lowest BCUT2D eigenvalue weighted by atomic mass is 9.83. The van der Waals surface area contributed by atoms with Crippen molar-refractivity contribution in [1.29, 1.82) is 0 Å². The molecule has 0 atom stereocenters. The fourth-order valence-electron chi connectivity index (χ4n) is 2.72. The highest BCUT2D eigenvalue weighted by Crippen LogP contribution is 2.29. The number of anilines is 1. The molecule has 1 aliphatic rings. The molecule has 2 rings (SSSR count). The van der Waals surface area contributed by atoms with Gasteiger partial charge >= 0.3 is 0 Å². The molecule has 104 valence electrons. The molecular formula is C15H22N2O2. The normalized spacial score (nSPS) is 17.8. The Kier molecular flexibility index (Phi) is 3.98. The van der Waals surface area contributed by atoms with E-state index in [4.69, 9.17) is 10.5 Å². The molecule has 4 heteroatoms. The molecule has 0 aromatic heterocycles. The zero-order valence-electron chi connectivity index (χ0n) is 11.7. The summed E-state index contributed by atoms with van der Waals surface area (Å²) in [5.74, 6) is 0.433. The molecule has 0 radical (unpaired) electrons. The molecule has 1 aromatic rings. The number of rotatable bonds is 3. The third kappa shape index (κ3) is 3.00. The molecule has 3 N–H and O–H groups in total. The molecule has 0 aliphatic heterocycles. The van der Waals surface area contributed by atoms with Crippen molar-refractivity contribution in [3.63, 3.8) is 0 Å². The van der Waals surface area contributed by atoms with E-state index in [2.05, 4.69) is 12.2 Å². The van der Waals surface area contributed by atoms with E-state index in [1.807, 2.05) is 0 Å². The maximum Gasteiger partial charge on any atom is 0.253 e. The molecule has 0 heterocycles. The molecule has 0 unspecified atom stereocenters. The van der Waals surface area contributed by atoms with Crippen molar-refractivity contribution in [2.24, 2.45) is 0 Å². The summed E-state index contributed by atoms with van der Waals surface area (Å²) < 4.78 is 5.15. The standard InChI is InChI=1S/C15H22N2O2/c1-15(9-4-3-5-10-15)17-14(18)11-7-6-8-12(19-2)13(11)16/h6-8H,3-5,9-10,16H2,1-2H3,(H,17,18). The van der Waals surface area contributed by atoms with Gasteiger partial charge in [-0.1, -0.05) is 25.3 Å². The number of hydrogen-bond donors (Lipinski definition) is 2. The first kappa shape index (κ1) is 13.7. The van der Waals surface area contributed by atoms with E-state index < -0.39 is 0 Å². The Hall–Kier alpha value is -1.71. The van der Waals surface area contributed by atoms with Gasteiger partial charge in [0, 0.05) is 5.54 Å². The Morgan fingerprint density at radius 1 is 1.32 bits per heavy atom. The second kappa shape index (κ2) is 5.51. The molecule has 1 amide bonds. The number of para-hydroxylation sites is 1. The van der Waals surface area contributed by atoms with Gasteiger partial charge in [0.25, 0.3) is 5.91 Å². The second-order valence-corrected chi connectivity index (χ2v) is 5.50. The zero-order valence-corrected chi connectivity index (χ0v) is 11.7. The Morgan fingerprint density at radius 2 is 2.00 bits per heavy atom. The highest BCUT2D eigenvalue weighted by molar-refractivity contribution is 6.00. The molecule has 4 nitrogen and oxygen atoms in total. The number of nitrogen functional groups attached to an aromatic ring is 1. The van der Waals surface area contributed by atoms with Crippen LogP contribution in [0.3, 0.4) is 0 Å². The number of methoxy groups -OCH3 is 1. The van der Waals surface area contributed by atoms with Crippen LogP contribution in [-0.2, 0) is 0 Å². The van der Waals surface area contributed by atoms with E-state index >= 15 is 0 Å². The maximum atomic E-state index is 12.4. The number of carbonyl (C=O) groups is 1. The monoisotopic (exact) mass is 262 g/mol. The van der Waals surface area contributed by atoms with Gasteiger partial charge in [0.1, 0.15) is 5.75 Å². The summed E-state index contributed by atoms with van der Waals surface area (Å²) in [4.78, 5) is 12.4. The number of carbonyl (C=O) groups excluding carboxylic acids is 1. The van der Waals surface area contributed by atoms with E-state index in [9.17, 15) is 4.79 Å². The highest BCUT2D eigenvalue weighted by atomic mass is 16.5. The average molecular weight is 262 g/mol. The predicted octanol–water partition coefficient (Wildman–Crippen LogP) is 2.73. The minimum atomic E-state index is -0.110. The van der Waals surface area contributed by atoms with Crippen LogP contribution in [0.25, 0.3) is 0 Å². The van der Waals surface area contributed by atoms with E-state index in [1.54, 1.807) is 25.3 Å². The second-order valence-electron chi connectivity index (χ2n) is 5.50. The fourth-order valence-corrected chi connectivity index (χ4v) is 2.72. The molecular weight excluding hydrogens is 240 g/mol. The minimum absolute atomic E-state index is 0.106. The van der Waals surface area contributed by atoms with E-state index in [0.29, 0.717) is 17.0 Å². The van der Waals surface area contributed by atoms with Gasteiger partial charge < -0.3 is 15.8 Å². The Morgan fingerprint density at radius 3 is 2.63 bits per heavy atom. The van der Waals surface area contributed by atoms with Gasteiger partial charge in [-0.2, -0.15) is 0 Å². The summed E-state index contributed by atoms with van der Waals surface area (Å²) in [6.07, 6.45) is 5.66. The van der Waals surface area contributed by atoms with Crippen LogP contribution in [-0.4, -0.2) is 18.6 Å². The van der Waals surface area contributed by atoms with Gasteiger partial charge in [0.05, 0.1) is 18.4 Å². The minimum Gasteiger partial charge on any atom is -0.495 e. The topological polar surface area (TPSA) is 64.3 Å². The van der Waals surface area contributed by atoms with Crippen molar-refractivity contribution in [2.75, 3.05) is 12.8 Å². The van der Waals surface area contributed by atoms with E-state index in [0.717, 1.165) is 12.8 Å². The Labute approximate surface area is 114 Å². The largest absolute Gasteiger partial charge is 0.495 e. The van der Waals surface area contributed by atoms with Gasteiger partial charge in [-0.25, -0.2) is 0 Å². The van der Waals surface area contributed by atoms with Gasteiger partial charge in [0.15, 0.2) is 0 Å². The SMILES string of the molecule is COc1cccc(C(=O)NC2(C)CCCCC2)c1N. The van der Waals surface area contributed by atoms with Crippen molar-refractivity contribution in [3.05, 3.63) is 23.8 Å². The lowest BCUT2D eigenvalue weighted by molar-refractivity contribution is 0.0883. The van der Waals surface area contributed by atoms with Crippen molar-refractivity contribution in [1.82, 2.24) is 5.32 Å². The van der Waals surface area contributed by atoms with Gasteiger partial charge in [-0.15, -0.1) is 0 Å². The summed E-state index contributed by atoms with van der Waals surface area (Å²) in [5, 5.41) is 3.13. The summed E-state index contributed by atoms with van der Waals surface area (Å²) >= 11 is 0. The molecule has 0 saturated heterocycles. The van der Waals surface area contributed by atoms with Gasteiger partial charge in [-0.3, -0.25) is 4.79 Å². The number of ether oxygens (including phenoxy) is 1. The molecule has 1 saturated carbocycles. The number of benzene rings is 1. The van der Waals surface area contributed by atoms with E-state index in [1.165, 1.54) is 19.3 Å². The van der Waals surface area contributed by atoms with Crippen LogP contribution in [0.4, 0.5) is 5.69 Å². The van der Waals surface area contributed by atoms with Crippen LogP contribution in [0.1, 0.15) is 49.4 Å². The number of hydrogen-bond acceptors (Lipinski definition) is 3. The molecule has 19 heavy (non-hydrogen) atoms. The smallest absolute Gasteiger partial charge is 0.253 e. The number of nitrogens with two attached hydrogens (primary N) is 1. The maximum absolute atomic E-state index is 12.4. The van der Waals surface area contributed by atoms with Crippen LogP contribution < -0.4 is 15.8 Å². The Balaban J connectivity index is 2.16. The van der Waals surface area contributed by atoms with E-state index in [-0.39, 0.29) is 11.4 Å². The molecule has 0 spiro atoms. The van der Waals surface area contributed by atoms with Crippen molar-refractivity contribution in [2.45, 2.75) is 44.6 Å². The quantitative estimate of drug-likeness (QED) is 0.823. The number of nitrogens with one attached hydrogen (secondary N) is 1. The third-order valence-electron chi connectivity index (χ3n) is 3.90. The summed E-state index contributed by atoms with van der Waals surface area (Å²) in [7, 11) is 1.55. The first-order valence-corrected chi connectivity index (χ1v) is 6.81. The summed E-state index contributed by atoms with van der Waals surface area (Å²) in [5.41, 5.74) is 6.75. The van der Waals surface area contributed by atoms with Crippen molar-refractivity contribution in [3.8, 4) is 5.75 Å². The van der Waals surface area contributed by atoms with Crippen molar-refractivity contribution < 1.29 is 9.53 Å². The Bertz CT molecular complexity index is 465. The van der Waals surface area contributed by atoms with Gasteiger partial charge in [-0.05, 0) is 31.9 Å². The van der Waals surface area contributed by atoms with Crippen LogP contribution in [0, 0.1) is 0 Å². The highest BCUT2D eigenvalue weighted by Gasteiger charge is 2.29. The first-order valence-electron chi connectivity index (χ1n) is 6.81. The average Bonchev–Trinajstić information content (AvgIpc) is 2.39. The summed E-state index contributed by atoms with van der Waals surface area (Å²) in [6, 6.07) is 5.28. The van der Waals surface area contributed by atoms with Crippen LogP contribution in [0.2, 0.25) is 0 Å². The number of amides is 1. The van der Waals surface area contributed by atoms with Crippen LogP contribution in [0.15, 0.2) is 18.2 Å². The lowest BCUT2D eigenvalue weighted by Gasteiger charge is -2.34. The fraction of sp³-hybridized carbons (Fsp3) is 0.533. The van der Waals surface area contributed by atoms with Crippen molar-refractivity contribution >= 4 is 11.6 Å². The van der Waals surface area contributed by atoms with Crippen LogP contribution >= 0.6 is 0 Å².